The summed E-state index contributed by atoms with van der Waals surface area (Å²) in [7, 11) is 4.95. The first-order valence-electron chi connectivity index (χ1n) is 10.8. The Morgan fingerprint density at radius 2 is 1.79 bits per heavy atom. The third-order valence-electron chi connectivity index (χ3n) is 5.44. The molecule has 33 heavy (non-hydrogen) atoms. The van der Waals surface area contributed by atoms with E-state index in [2.05, 4.69) is 15.1 Å². The van der Waals surface area contributed by atoms with Gasteiger partial charge in [-0.3, -0.25) is 9.69 Å². The van der Waals surface area contributed by atoms with Crippen molar-refractivity contribution in [2.24, 2.45) is 4.99 Å². The molecule has 180 valence electrons. The highest BCUT2D eigenvalue weighted by molar-refractivity contribution is 14.0. The molecule has 0 bridgehead atoms. The van der Waals surface area contributed by atoms with Crippen LogP contribution in [0.1, 0.15) is 11.1 Å². The van der Waals surface area contributed by atoms with E-state index in [1.807, 2.05) is 36.4 Å². The van der Waals surface area contributed by atoms with E-state index in [1.54, 1.807) is 25.1 Å². The van der Waals surface area contributed by atoms with Crippen LogP contribution in [0.4, 0.5) is 4.39 Å². The van der Waals surface area contributed by atoms with Gasteiger partial charge >= 0.3 is 0 Å². The molecule has 1 amide bonds. The second kappa shape index (κ2) is 13.3. The number of halogens is 2. The van der Waals surface area contributed by atoms with Crippen LogP contribution < -0.4 is 10.1 Å². The summed E-state index contributed by atoms with van der Waals surface area (Å²) in [5, 5.41) is 3.23. The van der Waals surface area contributed by atoms with Gasteiger partial charge in [0.2, 0.25) is 5.91 Å². The number of benzene rings is 2. The van der Waals surface area contributed by atoms with Gasteiger partial charge < -0.3 is 19.9 Å². The molecular weight excluding hydrogens is 536 g/mol. The molecule has 1 N–H and O–H groups in total. The van der Waals surface area contributed by atoms with E-state index in [1.165, 1.54) is 13.2 Å². The van der Waals surface area contributed by atoms with Gasteiger partial charge in [-0.25, -0.2) is 9.38 Å². The van der Waals surface area contributed by atoms with Crippen molar-refractivity contribution >= 4 is 35.8 Å². The van der Waals surface area contributed by atoms with Crippen LogP contribution in [0.25, 0.3) is 0 Å². The number of amides is 1. The van der Waals surface area contributed by atoms with Crippen LogP contribution in [-0.4, -0.2) is 80.5 Å². The first kappa shape index (κ1) is 26.8. The fourth-order valence-electron chi connectivity index (χ4n) is 3.51. The molecule has 7 nitrogen and oxygen atoms in total. The molecule has 1 heterocycles. The maximum absolute atomic E-state index is 14.0. The first-order valence-corrected chi connectivity index (χ1v) is 10.8. The summed E-state index contributed by atoms with van der Waals surface area (Å²) in [4.78, 5) is 22.9. The molecule has 0 atom stereocenters. The molecule has 0 aromatic heterocycles. The lowest BCUT2D eigenvalue weighted by atomic mass is 10.2. The lowest BCUT2D eigenvalue weighted by Crippen LogP contribution is -2.53. The maximum atomic E-state index is 14.0. The zero-order valence-electron chi connectivity index (χ0n) is 19.5. The highest BCUT2D eigenvalue weighted by Gasteiger charge is 2.21. The largest absolute Gasteiger partial charge is 0.494 e. The van der Waals surface area contributed by atoms with Gasteiger partial charge in [-0.15, -0.1) is 24.0 Å². The zero-order chi connectivity index (χ0) is 22.9. The Morgan fingerprint density at radius 1 is 1.09 bits per heavy atom. The highest BCUT2D eigenvalue weighted by atomic mass is 127. The van der Waals surface area contributed by atoms with Crippen molar-refractivity contribution < 1.29 is 13.9 Å². The van der Waals surface area contributed by atoms with Crippen molar-refractivity contribution in [2.75, 3.05) is 53.9 Å². The molecule has 0 saturated carbocycles. The van der Waals surface area contributed by atoms with Gasteiger partial charge in [0.15, 0.2) is 17.5 Å². The molecule has 2 aromatic carbocycles. The molecule has 0 unspecified atom stereocenters. The van der Waals surface area contributed by atoms with Crippen LogP contribution in [0.15, 0.2) is 53.5 Å². The van der Waals surface area contributed by atoms with E-state index in [9.17, 15) is 9.18 Å². The summed E-state index contributed by atoms with van der Waals surface area (Å²) >= 11 is 0. The lowest BCUT2D eigenvalue weighted by molar-refractivity contribution is -0.127. The number of methoxy groups -OCH3 is 1. The molecule has 1 saturated heterocycles. The predicted octanol–water partition coefficient (Wildman–Crippen LogP) is 2.80. The van der Waals surface area contributed by atoms with E-state index in [-0.39, 0.29) is 48.0 Å². The Bertz CT molecular complexity index is 918. The van der Waals surface area contributed by atoms with Gasteiger partial charge in [-0.1, -0.05) is 36.4 Å². The fourth-order valence-corrected chi connectivity index (χ4v) is 3.51. The average Bonchev–Trinajstić information content (AvgIpc) is 2.80. The number of carbonyl (C=O) groups is 1. The molecule has 2 aromatic rings. The van der Waals surface area contributed by atoms with Crippen LogP contribution >= 0.6 is 24.0 Å². The van der Waals surface area contributed by atoms with Crippen molar-refractivity contribution in [3.63, 3.8) is 0 Å². The third kappa shape index (κ3) is 8.15. The molecular formula is C24H33FIN5O2. The molecule has 1 aliphatic rings. The molecule has 1 fully saturated rings. The Kier molecular flexibility index (Phi) is 10.9. The summed E-state index contributed by atoms with van der Waals surface area (Å²) in [6.07, 6.45) is 0. The number of ether oxygens (including phenoxy) is 1. The number of nitrogens with zero attached hydrogens (tertiary/aromatic N) is 4. The molecule has 3 rings (SSSR count). The van der Waals surface area contributed by atoms with Gasteiger partial charge in [0, 0.05) is 46.8 Å². The third-order valence-corrected chi connectivity index (χ3v) is 5.44. The number of guanidine groups is 1. The average molecular weight is 569 g/mol. The molecule has 1 aliphatic heterocycles. The van der Waals surface area contributed by atoms with Crippen molar-refractivity contribution in [1.82, 2.24) is 20.0 Å². The number of hydrogen-bond donors (Lipinski definition) is 1. The molecule has 0 aliphatic carbocycles. The Balaban J connectivity index is 0.00000385. The monoisotopic (exact) mass is 569 g/mol. The van der Waals surface area contributed by atoms with Crippen LogP contribution in [-0.2, 0) is 17.9 Å². The topological polar surface area (TPSA) is 60.4 Å². The summed E-state index contributed by atoms with van der Waals surface area (Å²) < 4.78 is 19.0. The minimum Gasteiger partial charge on any atom is -0.494 e. The Morgan fingerprint density at radius 3 is 2.39 bits per heavy atom. The van der Waals surface area contributed by atoms with Crippen molar-refractivity contribution in [1.29, 1.82) is 0 Å². The number of rotatable bonds is 7. The van der Waals surface area contributed by atoms with Crippen molar-refractivity contribution in [2.45, 2.75) is 13.1 Å². The molecule has 0 radical (unpaired) electrons. The predicted molar refractivity (Wildman–Crippen MR) is 139 cm³/mol. The number of hydrogen-bond acceptors (Lipinski definition) is 4. The number of likely N-dealkylation sites (N-methyl/N-ethyl adjacent to an activating group) is 1. The minimum absolute atomic E-state index is 0. The van der Waals surface area contributed by atoms with Gasteiger partial charge in [-0.2, -0.15) is 0 Å². The van der Waals surface area contributed by atoms with Crippen LogP contribution in [0.3, 0.4) is 0 Å². The summed E-state index contributed by atoms with van der Waals surface area (Å²) in [6.45, 7) is 4.61. The fraction of sp³-hybridized carbons (Fsp3) is 0.417. The van der Waals surface area contributed by atoms with Gasteiger partial charge in [0.1, 0.15) is 0 Å². The van der Waals surface area contributed by atoms with Crippen LogP contribution in [0.2, 0.25) is 0 Å². The van der Waals surface area contributed by atoms with E-state index >= 15 is 0 Å². The lowest BCUT2D eigenvalue weighted by Gasteiger charge is -2.36. The second-order valence-electron chi connectivity index (χ2n) is 8.00. The van der Waals surface area contributed by atoms with Gasteiger partial charge in [0.25, 0.3) is 0 Å². The van der Waals surface area contributed by atoms with Crippen molar-refractivity contribution in [3.05, 3.63) is 65.5 Å². The second-order valence-corrected chi connectivity index (χ2v) is 8.00. The van der Waals surface area contributed by atoms with E-state index in [0.29, 0.717) is 13.1 Å². The Labute approximate surface area is 212 Å². The summed E-state index contributed by atoms with van der Waals surface area (Å²) in [6, 6.07) is 15.2. The van der Waals surface area contributed by atoms with Crippen LogP contribution in [0.5, 0.6) is 5.75 Å². The summed E-state index contributed by atoms with van der Waals surface area (Å²) in [5.74, 6) is 0.654. The zero-order valence-corrected chi connectivity index (χ0v) is 21.8. The SMILES string of the molecule is COc1ccc(CN2CCN(C(=NCc3ccccc3)NCC(=O)N(C)C)CC2)cc1F.I. The highest BCUT2D eigenvalue weighted by Crippen LogP contribution is 2.19. The standard InChI is InChI=1S/C24H32FN5O2.HI/c1-28(2)23(31)17-27-24(26-16-19-7-5-4-6-8-19)30-13-11-29(12-14-30)18-20-9-10-22(32-3)21(25)15-20;/h4-10,15H,11-14,16-18H2,1-3H3,(H,26,27);1H. The smallest absolute Gasteiger partial charge is 0.241 e. The Hall–Kier alpha value is -2.40. The number of carbonyl (C=O) groups excluding carboxylic acids is 1. The summed E-state index contributed by atoms with van der Waals surface area (Å²) in [5.41, 5.74) is 2.04. The normalized spacial score (nSPS) is 14.4. The van der Waals surface area contributed by atoms with E-state index in [0.717, 1.165) is 43.3 Å². The van der Waals surface area contributed by atoms with E-state index < -0.39 is 0 Å². The minimum atomic E-state index is -0.339. The first-order chi connectivity index (χ1) is 15.5. The van der Waals surface area contributed by atoms with E-state index in [4.69, 9.17) is 9.73 Å². The number of nitrogens with one attached hydrogen (secondary N) is 1. The maximum Gasteiger partial charge on any atom is 0.241 e. The van der Waals surface area contributed by atoms with Gasteiger partial charge in [0.05, 0.1) is 20.2 Å². The molecule has 9 heteroatoms. The molecule has 0 spiro atoms. The van der Waals surface area contributed by atoms with Crippen molar-refractivity contribution in [3.8, 4) is 5.75 Å². The number of aliphatic imine (C=N–C) groups is 1. The van der Waals surface area contributed by atoms with Gasteiger partial charge in [-0.05, 0) is 23.3 Å². The van der Waals surface area contributed by atoms with Crippen LogP contribution in [0, 0.1) is 5.82 Å². The quantitative estimate of drug-likeness (QED) is 0.316. The number of piperazine rings is 1.